The molecule has 2 aromatic heterocycles. The van der Waals surface area contributed by atoms with Crippen LogP contribution >= 0.6 is 11.6 Å². The van der Waals surface area contributed by atoms with Gasteiger partial charge in [0, 0.05) is 18.8 Å². The maximum absolute atomic E-state index is 12.3. The number of amides is 1. The van der Waals surface area contributed by atoms with Gasteiger partial charge in [-0.05, 0) is 19.1 Å². The average molecular weight is 322 g/mol. The third-order valence-corrected chi connectivity index (χ3v) is 2.98. The number of hydrogen-bond donors (Lipinski definition) is 2. The molecule has 0 unspecified atom stereocenters. The van der Waals surface area contributed by atoms with Crippen LogP contribution in [0.2, 0.25) is 5.15 Å². The van der Waals surface area contributed by atoms with Crippen LogP contribution in [0.15, 0.2) is 30.6 Å². The quantitative estimate of drug-likeness (QED) is 0.497. The highest BCUT2D eigenvalue weighted by Crippen LogP contribution is 2.23. The Morgan fingerprint density at radius 2 is 2.23 bits per heavy atom. The smallest absolute Gasteiger partial charge is 0.288 e. The topological polar surface area (TPSA) is 110 Å². The van der Waals surface area contributed by atoms with E-state index in [4.69, 9.17) is 11.6 Å². The highest BCUT2D eigenvalue weighted by molar-refractivity contribution is 6.33. The average Bonchev–Trinajstić information content (AvgIpc) is 2.49. The Kier molecular flexibility index (Phi) is 4.84. The maximum atomic E-state index is 12.3. The van der Waals surface area contributed by atoms with Gasteiger partial charge in [-0.25, -0.2) is 9.97 Å². The lowest BCUT2D eigenvalue weighted by Gasteiger charge is -2.11. The molecule has 2 aromatic rings. The lowest BCUT2D eigenvalue weighted by Crippen LogP contribution is -2.15. The molecule has 2 rings (SSSR count). The van der Waals surface area contributed by atoms with Crippen molar-refractivity contribution in [3.8, 4) is 0 Å². The molecule has 2 N–H and O–H groups in total. The maximum Gasteiger partial charge on any atom is 0.288 e. The molecule has 0 bridgehead atoms. The lowest BCUT2D eigenvalue weighted by molar-refractivity contribution is -0.385. The first kappa shape index (κ1) is 15.6. The van der Waals surface area contributed by atoms with Crippen molar-refractivity contribution in [1.29, 1.82) is 0 Å². The van der Waals surface area contributed by atoms with Crippen LogP contribution in [0.25, 0.3) is 0 Å². The van der Waals surface area contributed by atoms with E-state index in [-0.39, 0.29) is 16.4 Å². The van der Waals surface area contributed by atoms with Crippen molar-refractivity contribution in [2.24, 2.45) is 0 Å². The Labute approximate surface area is 130 Å². The number of halogens is 1. The van der Waals surface area contributed by atoms with Crippen LogP contribution in [0, 0.1) is 10.1 Å². The van der Waals surface area contributed by atoms with Gasteiger partial charge in [0.05, 0.1) is 16.2 Å². The zero-order valence-electron chi connectivity index (χ0n) is 11.5. The SMILES string of the molecule is CCNc1ncccc1NC(=O)c1cc([N+](=O)[O-])cnc1Cl. The Bertz CT molecular complexity index is 723. The third kappa shape index (κ3) is 3.47. The highest BCUT2D eigenvalue weighted by Gasteiger charge is 2.18. The standard InChI is InChI=1S/C13H12ClN5O3/c1-2-15-12-10(4-3-5-16-12)18-13(20)9-6-8(19(21)22)7-17-11(9)14/h3-7H,2H2,1H3,(H,15,16)(H,18,20). The summed E-state index contributed by atoms with van der Waals surface area (Å²) in [7, 11) is 0. The summed E-state index contributed by atoms with van der Waals surface area (Å²) < 4.78 is 0. The van der Waals surface area contributed by atoms with E-state index in [2.05, 4.69) is 20.6 Å². The molecule has 0 saturated heterocycles. The molecule has 0 radical (unpaired) electrons. The fourth-order valence-electron chi connectivity index (χ4n) is 1.70. The molecule has 0 aliphatic carbocycles. The number of nitro groups is 1. The molecule has 0 saturated carbocycles. The number of nitrogens with zero attached hydrogens (tertiary/aromatic N) is 3. The Morgan fingerprint density at radius 3 is 2.91 bits per heavy atom. The van der Waals surface area contributed by atoms with E-state index in [1.165, 1.54) is 0 Å². The molecule has 0 aliphatic rings. The minimum absolute atomic E-state index is 0.0813. The molecule has 8 nitrogen and oxygen atoms in total. The van der Waals surface area contributed by atoms with Crippen molar-refractivity contribution in [3.63, 3.8) is 0 Å². The van der Waals surface area contributed by atoms with Crippen LogP contribution in [0.1, 0.15) is 17.3 Å². The summed E-state index contributed by atoms with van der Waals surface area (Å²) in [5, 5.41) is 16.2. The number of hydrogen-bond acceptors (Lipinski definition) is 6. The van der Waals surface area contributed by atoms with Crippen LogP contribution in [0.4, 0.5) is 17.2 Å². The number of aromatic nitrogens is 2. The zero-order valence-corrected chi connectivity index (χ0v) is 12.3. The minimum atomic E-state index is -0.645. The summed E-state index contributed by atoms with van der Waals surface area (Å²) in [6.45, 7) is 2.51. The van der Waals surface area contributed by atoms with Gasteiger partial charge in [-0.15, -0.1) is 0 Å². The number of carbonyl (C=O) groups is 1. The number of anilines is 2. The molecular formula is C13H12ClN5O3. The minimum Gasteiger partial charge on any atom is -0.369 e. The van der Waals surface area contributed by atoms with Gasteiger partial charge in [-0.3, -0.25) is 14.9 Å². The lowest BCUT2D eigenvalue weighted by atomic mass is 10.2. The fraction of sp³-hybridized carbons (Fsp3) is 0.154. The number of rotatable bonds is 5. The first-order valence-electron chi connectivity index (χ1n) is 6.33. The van der Waals surface area contributed by atoms with Gasteiger partial charge >= 0.3 is 0 Å². The molecular weight excluding hydrogens is 310 g/mol. The Morgan fingerprint density at radius 1 is 1.45 bits per heavy atom. The van der Waals surface area contributed by atoms with E-state index < -0.39 is 10.8 Å². The molecule has 1 amide bonds. The zero-order chi connectivity index (χ0) is 16.1. The fourth-order valence-corrected chi connectivity index (χ4v) is 1.89. The van der Waals surface area contributed by atoms with Crippen LogP contribution < -0.4 is 10.6 Å². The first-order valence-corrected chi connectivity index (χ1v) is 6.71. The van der Waals surface area contributed by atoms with Crippen molar-refractivity contribution < 1.29 is 9.72 Å². The van der Waals surface area contributed by atoms with E-state index in [0.717, 1.165) is 12.3 Å². The van der Waals surface area contributed by atoms with Crippen LogP contribution in [0.5, 0.6) is 0 Å². The monoisotopic (exact) mass is 321 g/mol. The largest absolute Gasteiger partial charge is 0.369 e. The van der Waals surface area contributed by atoms with E-state index in [1.807, 2.05) is 6.92 Å². The van der Waals surface area contributed by atoms with Crippen LogP contribution in [-0.4, -0.2) is 27.3 Å². The van der Waals surface area contributed by atoms with E-state index >= 15 is 0 Å². The molecule has 0 aliphatic heterocycles. The van der Waals surface area contributed by atoms with Crippen molar-refractivity contribution in [2.45, 2.75) is 6.92 Å². The Balaban J connectivity index is 2.30. The van der Waals surface area contributed by atoms with Gasteiger partial charge in [0.2, 0.25) is 0 Å². The van der Waals surface area contributed by atoms with Crippen molar-refractivity contribution >= 4 is 34.7 Å². The van der Waals surface area contributed by atoms with E-state index in [9.17, 15) is 14.9 Å². The van der Waals surface area contributed by atoms with E-state index in [0.29, 0.717) is 18.1 Å². The highest BCUT2D eigenvalue weighted by atomic mass is 35.5. The van der Waals surface area contributed by atoms with Gasteiger partial charge in [0.15, 0.2) is 0 Å². The predicted molar refractivity (Wildman–Crippen MR) is 82.3 cm³/mol. The molecule has 2 heterocycles. The van der Waals surface area contributed by atoms with Crippen molar-refractivity contribution in [3.05, 3.63) is 51.4 Å². The molecule has 114 valence electrons. The van der Waals surface area contributed by atoms with Gasteiger partial charge in [-0.1, -0.05) is 11.6 Å². The molecule has 9 heteroatoms. The number of nitrogens with one attached hydrogen (secondary N) is 2. The second-order valence-corrected chi connectivity index (χ2v) is 4.53. The number of pyridine rings is 2. The third-order valence-electron chi connectivity index (χ3n) is 2.68. The van der Waals surface area contributed by atoms with Gasteiger partial charge in [0.25, 0.3) is 11.6 Å². The number of carbonyl (C=O) groups excluding carboxylic acids is 1. The summed E-state index contributed by atoms with van der Waals surface area (Å²) in [6, 6.07) is 4.39. The second-order valence-electron chi connectivity index (χ2n) is 4.17. The molecule has 0 spiro atoms. The summed E-state index contributed by atoms with van der Waals surface area (Å²) in [5.74, 6) is -0.110. The van der Waals surface area contributed by atoms with Crippen molar-refractivity contribution in [2.75, 3.05) is 17.2 Å². The second kappa shape index (κ2) is 6.81. The summed E-state index contributed by atoms with van der Waals surface area (Å²) in [6.07, 6.45) is 2.57. The van der Waals surface area contributed by atoms with Gasteiger partial charge in [-0.2, -0.15) is 0 Å². The van der Waals surface area contributed by atoms with E-state index in [1.54, 1.807) is 18.3 Å². The van der Waals surface area contributed by atoms with Crippen molar-refractivity contribution in [1.82, 2.24) is 9.97 Å². The summed E-state index contributed by atoms with van der Waals surface area (Å²) in [4.78, 5) is 30.1. The molecule has 0 atom stereocenters. The Hall–Kier alpha value is -2.74. The summed E-state index contributed by atoms with van der Waals surface area (Å²) in [5.41, 5.74) is 0.0479. The molecule has 0 aromatic carbocycles. The normalized spacial score (nSPS) is 10.1. The first-order chi connectivity index (χ1) is 10.5. The van der Waals surface area contributed by atoms with Crippen LogP contribution in [0.3, 0.4) is 0 Å². The van der Waals surface area contributed by atoms with Gasteiger partial charge < -0.3 is 10.6 Å². The van der Waals surface area contributed by atoms with Crippen LogP contribution in [-0.2, 0) is 0 Å². The molecule has 0 fully saturated rings. The predicted octanol–water partition coefficient (Wildman–Crippen LogP) is 2.72. The van der Waals surface area contributed by atoms with Gasteiger partial charge in [0.1, 0.15) is 17.2 Å². The molecule has 22 heavy (non-hydrogen) atoms. The summed E-state index contributed by atoms with van der Waals surface area (Å²) >= 11 is 5.84.